The van der Waals surface area contributed by atoms with Crippen molar-refractivity contribution in [3.05, 3.63) is 136 Å². The van der Waals surface area contributed by atoms with Gasteiger partial charge in [0.15, 0.2) is 6.10 Å². The molecule has 1 atom stereocenters. The second-order valence-electron chi connectivity index (χ2n) is 16.8. The fourth-order valence-corrected chi connectivity index (χ4v) is 8.71. The summed E-state index contributed by atoms with van der Waals surface area (Å²) in [7, 11) is 8.67. The molecule has 0 bridgehead atoms. The number of para-hydroxylation sites is 1. The summed E-state index contributed by atoms with van der Waals surface area (Å²) in [5.74, 6) is 0.648. The number of carbonyl (C=O) groups excluding carboxylic acids is 2. The van der Waals surface area contributed by atoms with E-state index in [2.05, 4.69) is 85.9 Å². The zero-order valence-corrected chi connectivity index (χ0v) is 36.3. The zero-order valence-electron chi connectivity index (χ0n) is 35.5. The number of nitrogens with zero attached hydrogens (tertiary/aromatic N) is 2. The van der Waals surface area contributed by atoms with Gasteiger partial charge in [-0.2, -0.15) is 0 Å². The number of hydrogen-bond acceptors (Lipinski definition) is 6. The van der Waals surface area contributed by atoms with Crippen molar-refractivity contribution in [2.45, 2.75) is 114 Å². The van der Waals surface area contributed by atoms with E-state index in [-0.39, 0.29) is 41.6 Å². The Labute approximate surface area is 352 Å². The Kier molecular flexibility index (Phi) is 16.8. The molecule has 312 valence electrons. The Balaban J connectivity index is 0.000000221. The van der Waals surface area contributed by atoms with Crippen LogP contribution in [0, 0.1) is 6.92 Å². The van der Waals surface area contributed by atoms with Gasteiger partial charge in [0.2, 0.25) is 5.91 Å². The maximum Gasteiger partial charge on any atom is 0.260 e. The van der Waals surface area contributed by atoms with E-state index in [1.54, 1.807) is 6.92 Å². The second kappa shape index (κ2) is 21.7. The van der Waals surface area contributed by atoms with E-state index in [4.69, 9.17) is 21.1 Å². The highest BCUT2D eigenvalue weighted by Gasteiger charge is 2.39. The molecule has 0 saturated heterocycles. The average Bonchev–Trinajstić information content (AvgIpc) is 3.22. The number of carbonyl (C=O) groups is 2. The van der Waals surface area contributed by atoms with Gasteiger partial charge in [0.25, 0.3) is 5.91 Å². The van der Waals surface area contributed by atoms with Gasteiger partial charge >= 0.3 is 0 Å². The van der Waals surface area contributed by atoms with Crippen LogP contribution in [0.15, 0.2) is 109 Å². The van der Waals surface area contributed by atoms with Gasteiger partial charge in [-0.25, -0.2) is 0 Å². The van der Waals surface area contributed by atoms with Gasteiger partial charge in [0.1, 0.15) is 12.4 Å². The molecule has 0 spiro atoms. The molecule has 58 heavy (non-hydrogen) atoms. The molecule has 0 aromatic heterocycles. The van der Waals surface area contributed by atoms with Crippen LogP contribution in [0.25, 0.3) is 0 Å². The summed E-state index contributed by atoms with van der Waals surface area (Å²) in [5, 5.41) is 7.19. The molecule has 2 saturated carbocycles. The molecule has 2 aliphatic rings. The standard InChI is InChI=1S/C25H34N2O2.C24H31ClN2O2/c1-20-9-7-8-12-22(20)17-25(27(2)3)15-13-23(14-16-25)26-24(28)19-29-18-21-10-5-4-6-11-21;1-18(29-21-10-5-4-6-11-21)23(28)26-20-13-15-24(16-14-20,27(2)3)17-19-9-7-8-12-22(19)25/h4-12,23H,13-19H2,1-3H3,(H,26,28);4-12,18,20H,13-17H2,1-3H3,(H,26,28). The summed E-state index contributed by atoms with van der Waals surface area (Å²) in [6.45, 7) is 4.58. The van der Waals surface area contributed by atoms with Crippen LogP contribution in [0.3, 0.4) is 0 Å². The van der Waals surface area contributed by atoms with Gasteiger partial charge in [-0.05, 0) is 147 Å². The van der Waals surface area contributed by atoms with E-state index in [0.717, 1.165) is 74.8 Å². The molecule has 1 unspecified atom stereocenters. The van der Waals surface area contributed by atoms with Crippen LogP contribution in [0.5, 0.6) is 5.75 Å². The third-order valence-electron chi connectivity index (χ3n) is 12.5. The number of benzene rings is 4. The Morgan fingerprint density at radius 2 is 1.17 bits per heavy atom. The number of rotatable bonds is 15. The molecule has 2 N–H and O–H groups in total. The number of amides is 2. The summed E-state index contributed by atoms with van der Waals surface area (Å²) >= 11 is 6.42. The highest BCUT2D eigenvalue weighted by Crippen LogP contribution is 2.38. The zero-order chi connectivity index (χ0) is 41.5. The average molecular weight is 810 g/mol. The van der Waals surface area contributed by atoms with Crippen LogP contribution in [0.2, 0.25) is 5.02 Å². The van der Waals surface area contributed by atoms with Crippen LogP contribution in [0.4, 0.5) is 0 Å². The second-order valence-corrected chi connectivity index (χ2v) is 17.2. The lowest BCUT2D eigenvalue weighted by Crippen LogP contribution is -2.53. The van der Waals surface area contributed by atoms with Crippen molar-refractivity contribution < 1.29 is 19.1 Å². The maximum atomic E-state index is 12.6. The molecule has 0 radical (unpaired) electrons. The summed E-state index contributed by atoms with van der Waals surface area (Å²) < 4.78 is 11.3. The van der Waals surface area contributed by atoms with E-state index in [1.165, 1.54) is 16.7 Å². The van der Waals surface area contributed by atoms with Crippen molar-refractivity contribution in [2.75, 3.05) is 34.8 Å². The van der Waals surface area contributed by atoms with E-state index < -0.39 is 6.10 Å². The van der Waals surface area contributed by atoms with Crippen LogP contribution in [-0.2, 0) is 33.8 Å². The molecular formula is C49H65ClN4O4. The topological polar surface area (TPSA) is 83.1 Å². The van der Waals surface area contributed by atoms with Gasteiger partial charge in [-0.15, -0.1) is 0 Å². The number of nitrogens with one attached hydrogen (secondary N) is 2. The molecule has 0 aliphatic heterocycles. The molecule has 2 aliphatic carbocycles. The van der Waals surface area contributed by atoms with E-state index >= 15 is 0 Å². The van der Waals surface area contributed by atoms with Crippen molar-refractivity contribution in [2.24, 2.45) is 0 Å². The van der Waals surface area contributed by atoms with Crippen LogP contribution in [0.1, 0.15) is 80.5 Å². The predicted octanol–water partition coefficient (Wildman–Crippen LogP) is 8.82. The summed E-state index contributed by atoms with van der Waals surface area (Å²) in [5.41, 5.74) is 5.30. The van der Waals surface area contributed by atoms with Crippen LogP contribution < -0.4 is 15.4 Å². The maximum absolute atomic E-state index is 12.6. The first-order valence-corrected chi connectivity index (χ1v) is 21.3. The minimum Gasteiger partial charge on any atom is -0.481 e. The minimum atomic E-state index is -0.513. The normalized spacial score (nSPS) is 22.4. The van der Waals surface area contributed by atoms with Gasteiger partial charge in [-0.3, -0.25) is 9.59 Å². The third kappa shape index (κ3) is 12.9. The number of hydrogen-bond donors (Lipinski definition) is 2. The number of ether oxygens (including phenoxy) is 2. The van der Waals surface area contributed by atoms with E-state index in [9.17, 15) is 9.59 Å². The molecule has 2 amide bonds. The first kappa shape index (κ1) is 44.9. The number of likely N-dealkylation sites (N-methyl/N-ethyl adjacent to an activating group) is 2. The SMILES string of the molecule is CC(Oc1ccccc1)C(=O)NC1CCC(Cc2ccccc2Cl)(N(C)C)CC1.Cc1ccccc1CC1(N(C)C)CCC(NC(=O)COCc2ccccc2)CC1. The molecule has 8 nitrogen and oxygen atoms in total. The molecule has 9 heteroatoms. The highest BCUT2D eigenvalue weighted by atomic mass is 35.5. The predicted molar refractivity (Wildman–Crippen MR) is 236 cm³/mol. The highest BCUT2D eigenvalue weighted by molar-refractivity contribution is 6.31. The van der Waals surface area contributed by atoms with Crippen molar-refractivity contribution in [1.29, 1.82) is 0 Å². The van der Waals surface area contributed by atoms with Gasteiger partial charge in [0, 0.05) is 28.2 Å². The molecule has 6 rings (SSSR count). The largest absolute Gasteiger partial charge is 0.481 e. The molecular weight excluding hydrogens is 744 g/mol. The lowest BCUT2D eigenvalue weighted by atomic mass is 9.74. The summed E-state index contributed by atoms with van der Waals surface area (Å²) in [6.07, 6.45) is 9.60. The van der Waals surface area contributed by atoms with E-state index in [1.807, 2.05) is 78.9 Å². The van der Waals surface area contributed by atoms with Crippen molar-refractivity contribution in [3.8, 4) is 5.75 Å². The fourth-order valence-electron chi connectivity index (χ4n) is 8.50. The van der Waals surface area contributed by atoms with Gasteiger partial charge < -0.3 is 29.9 Å². The minimum absolute atomic E-state index is 0.0119. The molecule has 4 aromatic carbocycles. The smallest absolute Gasteiger partial charge is 0.260 e. The summed E-state index contributed by atoms with van der Waals surface area (Å²) in [6, 6.07) is 36.6. The molecule has 0 heterocycles. The quantitative estimate of drug-likeness (QED) is 0.125. The van der Waals surface area contributed by atoms with Crippen molar-refractivity contribution in [1.82, 2.24) is 20.4 Å². The lowest BCUT2D eigenvalue weighted by Gasteiger charge is -2.45. The van der Waals surface area contributed by atoms with Gasteiger partial charge in [0.05, 0.1) is 6.61 Å². The van der Waals surface area contributed by atoms with Crippen LogP contribution in [-0.4, -0.2) is 85.7 Å². The number of aryl methyl sites for hydroxylation is 1. The number of halogens is 1. The Morgan fingerprint density at radius 1 is 0.690 bits per heavy atom. The van der Waals surface area contributed by atoms with Crippen LogP contribution >= 0.6 is 11.6 Å². The lowest BCUT2D eigenvalue weighted by molar-refractivity contribution is -0.128. The molecule has 2 fully saturated rings. The van der Waals surface area contributed by atoms with Crippen molar-refractivity contribution in [3.63, 3.8) is 0 Å². The summed E-state index contributed by atoms with van der Waals surface area (Å²) in [4.78, 5) is 29.6. The van der Waals surface area contributed by atoms with Crippen molar-refractivity contribution >= 4 is 23.4 Å². The molecule has 4 aromatic rings. The van der Waals surface area contributed by atoms with Gasteiger partial charge in [-0.1, -0.05) is 103 Å². The first-order valence-electron chi connectivity index (χ1n) is 20.9. The first-order chi connectivity index (χ1) is 27.9. The van der Waals surface area contributed by atoms with E-state index in [0.29, 0.717) is 12.4 Å². The Hall–Kier alpha value is -4.21. The Morgan fingerprint density at radius 3 is 1.72 bits per heavy atom. The monoisotopic (exact) mass is 808 g/mol. The Bertz CT molecular complexity index is 1850. The fraction of sp³-hybridized carbons (Fsp3) is 0.469. The third-order valence-corrected chi connectivity index (χ3v) is 12.8.